The monoisotopic (exact) mass is 490 g/mol. The number of carbonyl (C=O) groups excluding carboxylic acids is 1. The topological polar surface area (TPSA) is 112 Å². The quantitative estimate of drug-likeness (QED) is 0.456. The highest BCUT2D eigenvalue weighted by Gasteiger charge is 2.33. The second kappa shape index (κ2) is 10.6. The molecular weight excluding hydrogens is 465 g/mol. The fraction of sp³-hybridized carbons (Fsp3) is 0.304. The molecule has 1 aromatic carbocycles. The molecule has 0 spiro atoms. The fourth-order valence-electron chi connectivity index (χ4n) is 3.28. The number of benzene rings is 1. The average Bonchev–Trinajstić information content (AvgIpc) is 2.77. The number of hydrogen-bond acceptors (Lipinski definition) is 6. The molecule has 0 aliphatic heterocycles. The zero-order valence-corrected chi connectivity index (χ0v) is 19.6. The Morgan fingerprint density at radius 2 is 1.94 bits per heavy atom. The molecule has 0 saturated heterocycles. The number of aryl methyl sites for hydroxylation is 1. The number of nitrogens with zero attached hydrogens (tertiary/aromatic N) is 3. The molecule has 0 aliphatic carbocycles. The molecule has 0 fully saturated rings. The molecule has 9 nitrogen and oxygen atoms in total. The number of pyridine rings is 1. The van der Waals surface area contributed by atoms with Gasteiger partial charge in [0.1, 0.15) is 0 Å². The number of nitrogens with one attached hydrogen (secondary N) is 3. The zero-order valence-electron chi connectivity index (χ0n) is 19.6. The van der Waals surface area contributed by atoms with E-state index in [4.69, 9.17) is 4.74 Å². The number of aromatic amines is 1. The molecule has 35 heavy (non-hydrogen) atoms. The van der Waals surface area contributed by atoms with Crippen LogP contribution in [0.2, 0.25) is 0 Å². The molecule has 3 N–H and O–H groups in total. The summed E-state index contributed by atoms with van der Waals surface area (Å²) in [5.74, 6) is 0.266. The van der Waals surface area contributed by atoms with Crippen LogP contribution in [0, 0.1) is 6.92 Å². The Labute approximate surface area is 199 Å². The summed E-state index contributed by atoms with van der Waals surface area (Å²) in [5, 5.41) is 4.88. The molecule has 0 unspecified atom stereocenters. The van der Waals surface area contributed by atoms with Crippen molar-refractivity contribution < 1.29 is 22.7 Å². The third-order valence-electron chi connectivity index (χ3n) is 4.80. The molecule has 2 amide bonds. The minimum atomic E-state index is -4.57. The lowest BCUT2D eigenvalue weighted by Crippen LogP contribution is -2.22. The van der Waals surface area contributed by atoms with Crippen molar-refractivity contribution in [3.05, 3.63) is 63.8 Å². The molecule has 186 valence electrons. The lowest BCUT2D eigenvalue weighted by molar-refractivity contribution is -0.138. The van der Waals surface area contributed by atoms with E-state index < -0.39 is 17.8 Å². The van der Waals surface area contributed by atoms with Crippen molar-refractivity contribution in [2.45, 2.75) is 26.6 Å². The Kier molecular flexibility index (Phi) is 7.75. The normalized spacial score (nSPS) is 11.4. The summed E-state index contributed by atoms with van der Waals surface area (Å²) >= 11 is 0. The van der Waals surface area contributed by atoms with Crippen LogP contribution in [0.4, 0.5) is 29.5 Å². The van der Waals surface area contributed by atoms with Crippen LogP contribution in [0.25, 0.3) is 11.3 Å². The summed E-state index contributed by atoms with van der Waals surface area (Å²) < 4.78 is 45.8. The molecule has 2 heterocycles. The number of rotatable bonds is 7. The van der Waals surface area contributed by atoms with Crippen molar-refractivity contribution in [2.75, 3.05) is 31.3 Å². The molecule has 0 bridgehead atoms. The smallest absolute Gasteiger partial charge is 0.416 e. The summed E-state index contributed by atoms with van der Waals surface area (Å²) in [6.07, 6.45) is -1.71. The maximum absolute atomic E-state index is 13.5. The number of hydrogen-bond donors (Lipinski definition) is 3. The predicted octanol–water partition coefficient (Wildman–Crippen LogP) is 4.26. The first-order valence-electron chi connectivity index (χ1n) is 10.6. The Balaban J connectivity index is 1.76. The molecule has 3 rings (SSSR count). The van der Waals surface area contributed by atoms with Gasteiger partial charge in [-0.1, -0.05) is 6.07 Å². The van der Waals surface area contributed by atoms with Gasteiger partial charge >= 0.3 is 12.2 Å². The maximum Gasteiger partial charge on any atom is 0.416 e. The third-order valence-corrected chi connectivity index (χ3v) is 4.80. The summed E-state index contributed by atoms with van der Waals surface area (Å²) in [5.41, 5.74) is 0.223. The lowest BCUT2D eigenvalue weighted by atomic mass is 10.1. The number of carbonyl (C=O) groups is 1. The Hall–Kier alpha value is -3.93. The average molecular weight is 490 g/mol. The van der Waals surface area contributed by atoms with Crippen LogP contribution in [-0.4, -0.2) is 46.6 Å². The molecular formula is C23H25F3N6O3. The van der Waals surface area contributed by atoms with Gasteiger partial charge < -0.3 is 19.9 Å². The molecule has 0 atom stereocenters. The zero-order chi connectivity index (χ0) is 25.8. The Morgan fingerprint density at radius 3 is 2.57 bits per heavy atom. The second-order valence-corrected chi connectivity index (χ2v) is 7.89. The van der Waals surface area contributed by atoms with Crippen LogP contribution in [0.15, 0.2) is 41.5 Å². The van der Waals surface area contributed by atoms with E-state index in [9.17, 15) is 22.8 Å². The number of ether oxygens (including phenoxy) is 1. The van der Waals surface area contributed by atoms with Crippen LogP contribution in [0.5, 0.6) is 5.75 Å². The number of alkyl halides is 3. The summed E-state index contributed by atoms with van der Waals surface area (Å²) in [6, 6.07) is 4.39. The van der Waals surface area contributed by atoms with Crippen LogP contribution >= 0.6 is 0 Å². The van der Waals surface area contributed by atoms with Gasteiger partial charge in [-0.15, -0.1) is 0 Å². The first-order valence-corrected chi connectivity index (χ1v) is 10.6. The van der Waals surface area contributed by atoms with Crippen molar-refractivity contribution >= 4 is 17.5 Å². The minimum Gasteiger partial charge on any atom is -0.488 e. The molecule has 0 aliphatic rings. The van der Waals surface area contributed by atoms with Gasteiger partial charge in [-0.05, 0) is 51.7 Å². The van der Waals surface area contributed by atoms with Crippen molar-refractivity contribution in [3.8, 4) is 17.0 Å². The number of amides is 2. The van der Waals surface area contributed by atoms with Crippen molar-refractivity contribution in [1.82, 2.24) is 19.9 Å². The van der Waals surface area contributed by atoms with E-state index in [2.05, 4.69) is 25.6 Å². The standard InChI is InChI=1S/C23H25F3N6O3/c1-5-35-19-8-15(10-28-21(19)33)18-11-27-20(13(2)29-18)31-22(34)30-16-7-6-14(12-32(3)4)17(9-16)23(24,25)26/h6-11H,5,12H2,1-4H3,(H,28,33)(H2,27,30,31,34). The maximum atomic E-state index is 13.5. The molecule has 0 radical (unpaired) electrons. The lowest BCUT2D eigenvalue weighted by Gasteiger charge is -2.18. The van der Waals surface area contributed by atoms with E-state index in [0.717, 1.165) is 6.07 Å². The third kappa shape index (κ3) is 6.57. The Morgan fingerprint density at radius 1 is 1.20 bits per heavy atom. The molecule has 0 saturated carbocycles. The van der Waals surface area contributed by atoms with Gasteiger partial charge in [0.05, 0.1) is 29.8 Å². The van der Waals surface area contributed by atoms with Crippen LogP contribution in [0.3, 0.4) is 0 Å². The van der Waals surface area contributed by atoms with Gasteiger partial charge in [0, 0.05) is 24.0 Å². The van der Waals surface area contributed by atoms with E-state index >= 15 is 0 Å². The number of halogens is 3. The van der Waals surface area contributed by atoms with Crippen LogP contribution in [0.1, 0.15) is 23.7 Å². The van der Waals surface area contributed by atoms with E-state index in [1.54, 1.807) is 32.8 Å². The van der Waals surface area contributed by atoms with E-state index in [1.807, 2.05) is 0 Å². The highest BCUT2D eigenvalue weighted by atomic mass is 19.4. The number of H-pyrrole nitrogens is 1. The van der Waals surface area contributed by atoms with Crippen molar-refractivity contribution in [2.24, 2.45) is 0 Å². The number of aromatic nitrogens is 3. The van der Waals surface area contributed by atoms with Crippen molar-refractivity contribution in [1.29, 1.82) is 0 Å². The van der Waals surface area contributed by atoms with Gasteiger partial charge in [-0.25, -0.2) is 14.8 Å². The van der Waals surface area contributed by atoms with Crippen LogP contribution < -0.4 is 20.9 Å². The highest BCUT2D eigenvalue weighted by molar-refractivity contribution is 5.99. The SMILES string of the molecule is CCOc1cc(-c2cnc(NC(=O)Nc3ccc(CN(C)C)c(C(F)(F)F)c3)c(C)n2)c[nH]c1=O. The van der Waals surface area contributed by atoms with Gasteiger partial charge in [0.2, 0.25) is 0 Å². The first kappa shape index (κ1) is 25.7. The van der Waals surface area contributed by atoms with Gasteiger partial charge in [-0.3, -0.25) is 10.1 Å². The number of anilines is 2. The van der Waals surface area contributed by atoms with Gasteiger partial charge in [0.15, 0.2) is 11.6 Å². The van der Waals surface area contributed by atoms with E-state index in [-0.39, 0.29) is 34.9 Å². The highest BCUT2D eigenvalue weighted by Crippen LogP contribution is 2.34. The minimum absolute atomic E-state index is 0.0174. The first-order chi connectivity index (χ1) is 16.5. The van der Waals surface area contributed by atoms with E-state index in [1.165, 1.54) is 30.6 Å². The molecule has 12 heteroatoms. The van der Waals surface area contributed by atoms with E-state index in [0.29, 0.717) is 23.6 Å². The van der Waals surface area contributed by atoms with Crippen LogP contribution in [-0.2, 0) is 12.7 Å². The number of urea groups is 1. The fourth-order valence-corrected chi connectivity index (χ4v) is 3.28. The summed E-state index contributed by atoms with van der Waals surface area (Å²) in [4.78, 5) is 37.0. The molecule has 2 aromatic heterocycles. The van der Waals surface area contributed by atoms with Gasteiger partial charge in [0.25, 0.3) is 5.56 Å². The Bertz CT molecular complexity index is 1270. The largest absolute Gasteiger partial charge is 0.488 e. The van der Waals surface area contributed by atoms with Crippen molar-refractivity contribution in [3.63, 3.8) is 0 Å². The summed E-state index contributed by atoms with van der Waals surface area (Å²) in [7, 11) is 3.34. The predicted molar refractivity (Wildman–Crippen MR) is 125 cm³/mol. The molecule has 3 aromatic rings. The summed E-state index contributed by atoms with van der Waals surface area (Å²) in [6.45, 7) is 3.78. The van der Waals surface area contributed by atoms with Gasteiger partial charge in [-0.2, -0.15) is 13.2 Å². The second-order valence-electron chi connectivity index (χ2n) is 7.89.